The summed E-state index contributed by atoms with van der Waals surface area (Å²) in [6.07, 6.45) is 1.35. The molecule has 0 aliphatic carbocycles. The van der Waals surface area contributed by atoms with E-state index in [-0.39, 0.29) is 5.70 Å². The van der Waals surface area contributed by atoms with E-state index >= 15 is 0 Å². The summed E-state index contributed by atoms with van der Waals surface area (Å²) in [5.74, 6) is -0.0576. The van der Waals surface area contributed by atoms with Gasteiger partial charge in [-0.25, -0.2) is 4.79 Å². The van der Waals surface area contributed by atoms with E-state index in [2.05, 4.69) is 0 Å². The van der Waals surface area contributed by atoms with Crippen LogP contribution in [0.3, 0.4) is 0 Å². The van der Waals surface area contributed by atoms with Crippen LogP contribution in [0.1, 0.15) is 5.56 Å². The van der Waals surface area contributed by atoms with E-state index in [0.29, 0.717) is 17.1 Å². The Labute approximate surface area is 93.1 Å². The van der Waals surface area contributed by atoms with Crippen molar-refractivity contribution < 1.29 is 19.4 Å². The third-order valence-corrected chi connectivity index (χ3v) is 1.98. The fraction of sp³-hybridized carbons (Fsp3) is 0.182. The Morgan fingerprint density at radius 1 is 1.31 bits per heavy atom. The first-order chi connectivity index (χ1) is 7.58. The van der Waals surface area contributed by atoms with E-state index in [9.17, 15) is 4.79 Å². The number of nitrogens with two attached hydrogens (primary N) is 1. The molecule has 0 saturated heterocycles. The summed E-state index contributed by atoms with van der Waals surface area (Å²) in [5.41, 5.74) is 5.71. The summed E-state index contributed by atoms with van der Waals surface area (Å²) in [6, 6.07) is 5.02. The van der Waals surface area contributed by atoms with Crippen LogP contribution in [0.5, 0.6) is 11.5 Å². The van der Waals surface area contributed by atoms with Gasteiger partial charge in [0.2, 0.25) is 0 Å². The van der Waals surface area contributed by atoms with Gasteiger partial charge in [-0.05, 0) is 23.8 Å². The van der Waals surface area contributed by atoms with Gasteiger partial charge in [0.05, 0.1) is 14.2 Å². The molecule has 0 aliphatic heterocycles. The lowest BCUT2D eigenvalue weighted by Gasteiger charge is -2.07. The molecule has 0 spiro atoms. The Kier molecular flexibility index (Phi) is 3.77. The molecule has 5 heteroatoms. The SMILES string of the molecule is COc1ccc(/C=C(\N)C(=O)O)cc1OC. The molecule has 0 aliphatic rings. The molecule has 0 fully saturated rings. The summed E-state index contributed by atoms with van der Waals surface area (Å²) in [7, 11) is 3.03. The van der Waals surface area contributed by atoms with Gasteiger partial charge < -0.3 is 20.3 Å². The summed E-state index contributed by atoms with van der Waals surface area (Å²) >= 11 is 0. The van der Waals surface area contributed by atoms with E-state index < -0.39 is 5.97 Å². The number of hydrogen-bond acceptors (Lipinski definition) is 4. The van der Waals surface area contributed by atoms with Gasteiger partial charge in [-0.2, -0.15) is 0 Å². The summed E-state index contributed by atoms with van der Waals surface area (Å²) in [4.78, 5) is 10.5. The van der Waals surface area contributed by atoms with Crippen LogP contribution < -0.4 is 15.2 Å². The number of benzene rings is 1. The van der Waals surface area contributed by atoms with E-state index in [1.165, 1.54) is 20.3 Å². The predicted octanol–water partition coefficient (Wildman–Crippen LogP) is 1.09. The minimum absolute atomic E-state index is 0.229. The predicted molar refractivity (Wildman–Crippen MR) is 59.3 cm³/mol. The molecule has 0 saturated carbocycles. The van der Waals surface area contributed by atoms with Crippen molar-refractivity contribution in [2.75, 3.05) is 14.2 Å². The number of carboxylic acids is 1. The molecule has 0 atom stereocenters. The number of carbonyl (C=O) groups is 1. The van der Waals surface area contributed by atoms with Crippen molar-refractivity contribution in [3.8, 4) is 11.5 Å². The fourth-order valence-electron chi connectivity index (χ4n) is 1.18. The number of hydrogen-bond donors (Lipinski definition) is 2. The van der Waals surface area contributed by atoms with Gasteiger partial charge in [-0.3, -0.25) is 0 Å². The van der Waals surface area contributed by atoms with Crippen molar-refractivity contribution in [3.05, 3.63) is 29.5 Å². The summed E-state index contributed by atoms with van der Waals surface area (Å²) in [5, 5.41) is 8.62. The average molecular weight is 223 g/mol. The van der Waals surface area contributed by atoms with Gasteiger partial charge in [-0.15, -0.1) is 0 Å². The van der Waals surface area contributed by atoms with Crippen LogP contribution in [0.4, 0.5) is 0 Å². The lowest BCUT2D eigenvalue weighted by molar-refractivity contribution is -0.132. The Balaban J connectivity index is 3.09. The highest BCUT2D eigenvalue weighted by molar-refractivity contribution is 5.91. The molecule has 0 unspecified atom stereocenters. The highest BCUT2D eigenvalue weighted by Gasteiger charge is 2.05. The molecule has 3 N–H and O–H groups in total. The number of ether oxygens (including phenoxy) is 2. The Morgan fingerprint density at radius 2 is 1.94 bits per heavy atom. The summed E-state index contributed by atoms with van der Waals surface area (Å²) < 4.78 is 10.1. The monoisotopic (exact) mass is 223 g/mol. The minimum atomic E-state index is -1.16. The van der Waals surface area contributed by atoms with E-state index in [1.54, 1.807) is 18.2 Å². The minimum Gasteiger partial charge on any atom is -0.493 e. The van der Waals surface area contributed by atoms with Crippen molar-refractivity contribution in [1.29, 1.82) is 0 Å². The second-order valence-corrected chi connectivity index (χ2v) is 3.02. The quantitative estimate of drug-likeness (QED) is 0.746. The first-order valence-electron chi connectivity index (χ1n) is 4.51. The normalized spacial score (nSPS) is 11.0. The van der Waals surface area contributed by atoms with Gasteiger partial charge >= 0.3 is 5.97 Å². The molecule has 1 aromatic rings. The van der Waals surface area contributed by atoms with Crippen LogP contribution in [0.25, 0.3) is 6.08 Å². The van der Waals surface area contributed by atoms with Crippen LogP contribution in [0, 0.1) is 0 Å². The zero-order valence-corrected chi connectivity index (χ0v) is 9.06. The van der Waals surface area contributed by atoms with Crippen molar-refractivity contribution in [3.63, 3.8) is 0 Å². The second kappa shape index (κ2) is 5.06. The highest BCUT2D eigenvalue weighted by atomic mass is 16.5. The average Bonchev–Trinajstić information content (AvgIpc) is 2.28. The molecule has 0 amide bonds. The van der Waals surface area contributed by atoms with Crippen LogP contribution >= 0.6 is 0 Å². The van der Waals surface area contributed by atoms with E-state index in [1.807, 2.05) is 0 Å². The molecular weight excluding hydrogens is 210 g/mol. The first kappa shape index (κ1) is 11.9. The maximum Gasteiger partial charge on any atom is 0.351 e. The number of carboxylic acid groups (broad SMARTS) is 1. The molecule has 1 aromatic carbocycles. The molecule has 1 rings (SSSR count). The topological polar surface area (TPSA) is 81.8 Å². The Morgan fingerprint density at radius 3 is 2.44 bits per heavy atom. The van der Waals surface area contributed by atoms with Crippen LogP contribution in [0.2, 0.25) is 0 Å². The smallest absolute Gasteiger partial charge is 0.351 e. The van der Waals surface area contributed by atoms with E-state index in [4.69, 9.17) is 20.3 Å². The molecule has 5 nitrogen and oxygen atoms in total. The molecule has 16 heavy (non-hydrogen) atoms. The van der Waals surface area contributed by atoms with Crippen molar-refractivity contribution in [2.45, 2.75) is 0 Å². The maximum absolute atomic E-state index is 10.5. The molecule has 0 radical (unpaired) electrons. The number of rotatable bonds is 4. The number of methoxy groups -OCH3 is 2. The Bertz CT molecular complexity index is 426. The molecule has 0 heterocycles. The third-order valence-electron chi connectivity index (χ3n) is 1.98. The van der Waals surface area contributed by atoms with Crippen LogP contribution in [-0.2, 0) is 4.79 Å². The third kappa shape index (κ3) is 2.66. The van der Waals surface area contributed by atoms with Gasteiger partial charge in [0, 0.05) is 0 Å². The van der Waals surface area contributed by atoms with Crippen LogP contribution in [-0.4, -0.2) is 25.3 Å². The standard InChI is InChI=1S/C11H13NO4/c1-15-9-4-3-7(6-10(9)16-2)5-8(12)11(13)14/h3-6H,12H2,1-2H3,(H,13,14)/b8-5-. The zero-order chi connectivity index (χ0) is 12.1. The zero-order valence-electron chi connectivity index (χ0n) is 9.06. The second-order valence-electron chi connectivity index (χ2n) is 3.02. The summed E-state index contributed by atoms with van der Waals surface area (Å²) in [6.45, 7) is 0. The molecule has 0 bridgehead atoms. The number of aliphatic carboxylic acids is 1. The van der Waals surface area contributed by atoms with Gasteiger partial charge in [-0.1, -0.05) is 6.07 Å². The van der Waals surface area contributed by atoms with Crippen molar-refractivity contribution in [1.82, 2.24) is 0 Å². The van der Waals surface area contributed by atoms with Gasteiger partial charge in [0.25, 0.3) is 0 Å². The Hall–Kier alpha value is -2.17. The molecular formula is C11H13NO4. The molecule has 86 valence electrons. The lowest BCUT2D eigenvalue weighted by Crippen LogP contribution is -2.09. The van der Waals surface area contributed by atoms with Gasteiger partial charge in [0.1, 0.15) is 5.70 Å². The fourth-order valence-corrected chi connectivity index (χ4v) is 1.18. The maximum atomic E-state index is 10.5. The van der Waals surface area contributed by atoms with Crippen molar-refractivity contribution in [2.24, 2.45) is 5.73 Å². The lowest BCUT2D eigenvalue weighted by atomic mass is 10.1. The van der Waals surface area contributed by atoms with E-state index in [0.717, 1.165) is 0 Å². The highest BCUT2D eigenvalue weighted by Crippen LogP contribution is 2.28. The molecule has 0 aromatic heterocycles. The first-order valence-corrected chi connectivity index (χ1v) is 4.51. The largest absolute Gasteiger partial charge is 0.493 e. The van der Waals surface area contributed by atoms with Gasteiger partial charge in [0.15, 0.2) is 11.5 Å². The van der Waals surface area contributed by atoms with Crippen LogP contribution in [0.15, 0.2) is 23.9 Å². The van der Waals surface area contributed by atoms with Crippen molar-refractivity contribution >= 4 is 12.0 Å².